The number of hydrogen-bond acceptors (Lipinski definition) is 5. The zero-order valence-electron chi connectivity index (χ0n) is 16.6. The van der Waals surface area contributed by atoms with E-state index in [4.69, 9.17) is 14.2 Å². The summed E-state index contributed by atoms with van der Waals surface area (Å²) in [5.74, 6) is 1.63. The van der Waals surface area contributed by atoms with Gasteiger partial charge < -0.3 is 19.1 Å². The van der Waals surface area contributed by atoms with Crippen LogP contribution in [0.1, 0.15) is 19.4 Å². The van der Waals surface area contributed by atoms with E-state index in [0.29, 0.717) is 23.8 Å². The highest BCUT2D eigenvalue weighted by molar-refractivity contribution is 5.78. The Morgan fingerprint density at radius 2 is 1.83 bits per heavy atom. The number of hydrogen-bond donors (Lipinski definition) is 0. The molecule has 1 fully saturated rings. The van der Waals surface area contributed by atoms with Crippen LogP contribution in [0.2, 0.25) is 0 Å². The fourth-order valence-electron chi connectivity index (χ4n) is 3.78. The number of rotatable bonds is 5. The van der Waals surface area contributed by atoms with Gasteiger partial charge in [0.1, 0.15) is 11.6 Å². The molecule has 2 heterocycles. The van der Waals surface area contributed by atoms with Crippen LogP contribution in [-0.4, -0.2) is 54.3 Å². The van der Waals surface area contributed by atoms with Crippen molar-refractivity contribution in [1.82, 2.24) is 9.80 Å². The summed E-state index contributed by atoms with van der Waals surface area (Å²) in [5.41, 5.74) is 1.07. The van der Waals surface area contributed by atoms with Crippen molar-refractivity contribution in [3.05, 3.63) is 53.8 Å². The van der Waals surface area contributed by atoms with E-state index < -0.39 is 0 Å². The Labute approximate surface area is 169 Å². The summed E-state index contributed by atoms with van der Waals surface area (Å²) in [6.45, 7) is 6.46. The van der Waals surface area contributed by atoms with Gasteiger partial charge >= 0.3 is 0 Å². The zero-order valence-corrected chi connectivity index (χ0v) is 16.6. The summed E-state index contributed by atoms with van der Waals surface area (Å²) in [5, 5.41) is 0. The molecule has 6 nitrogen and oxygen atoms in total. The first-order valence-corrected chi connectivity index (χ1v) is 9.80. The van der Waals surface area contributed by atoms with Gasteiger partial charge in [0.2, 0.25) is 6.79 Å². The van der Waals surface area contributed by atoms with Crippen molar-refractivity contribution in [2.24, 2.45) is 0 Å². The molecule has 2 aliphatic heterocycles. The minimum atomic E-state index is -0.229. The third-order valence-electron chi connectivity index (χ3n) is 5.44. The normalized spacial score (nSPS) is 21.3. The summed E-state index contributed by atoms with van der Waals surface area (Å²) < 4.78 is 29.4. The highest BCUT2D eigenvalue weighted by Crippen LogP contribution is 2.35. The lowest BCUT2D eigenvalue weighted by molar-refractivity contribution is -0.139. The molecule has 2 aromatic carbocycles. The Morgan fingerprint density at radius 3 is 2.62 bits per heavy atom. The Bertz CT molecular complexity index is 874. The molecule has 4 rings (SSSR count). The van der Waals surface area contributed by atoms with Crippen LogP contribution in [0.3, 0.4) is 0 Å². The highest BCUT2D eigenvalue weighted by Gasteiger charge is 2.32. The third kappa shape index (κ3) is 4.45. The molecule has 7 heteroatoms. The number of piperazine rings is 1. The van der Waals surface area contributed by atoms with Gasteiger partial charge in [0.25, 0.3) is 5.91 Å². The lowest BCUT2D eigenvalue weighted by atomic mass is 10.1. The molecule has 0 radical (unpaired) electrons. The molecule has 0 bridgehead atoms. The Balaban J connectivity index is 1.32. The van der Waals surface area contributed by atoms with Crippen molar-refractivity contribution in [2.45, 2.75) is 32.5 Å². The molecule has 2 aromatic rings. The van der Waals surface area contributed by atoms with Gasteiger partial charge in [-0.05, 0) is 43.7 Å². The average Bonchev–Trinajstić information content (AvgIpc) is 3.18. The van der Waals surface area contributed by atoms with Crippen LogP contribution >= 0.6 is 0 Å². The van der Waals surface area contributed by atoms with Crippen LogP contribution in [0.15, 0.2) is 42.5 Å². The Hall–Kier alpha value is -2.80. The second kappa shape index (κ2) is 8.29. The number of nitrogens with zero attached hydrogens (tertiary/aromatic N) is 2. The molecular formula is C22H25FN2O4. The largest absolute Gasteiger partial charge is 0.484 e. The second-order valence-corrected chi connectivity index (χ2v) is 7.60. The zero-order chi connectivity index (χ0) is 20.4. The first-order chi connectivity index (χ1) is 14.0. The topological polar surface area (TPSA) is 51.2 Å². The summed E-state index contributed by atoms with van der Waals surface area (Å²) in [7, 11) is 0. The van der Waals surface area contributed by atoms with Gasteiger partial charge in [-0.15, -0.1) is 0 Å². The first kappa shape index (κ1) is 19.5. The molecule has 0 aromatic heterocycles. The molecule has 2 atom stereocenters. The minimum Gasteiger partial charge on any atom is -0.484 e. The van der Waals surface area contributed by atoms with Gasteiger partial charge in [-0.3, -0.25) is 9.69 Å². The molecule has 2 aliphatic rings. The van der Waals surface area contributed by atoms with Gasteiger partial charge in [0.15, 0.2) is 18.1 Å². The lowest BCUT2D eigenvalue weighted by Crippen LogP contribution is -2.58. The van der Waals surface area contributed by atoms with E-state index in [-0.39, 0.29) is 37.2 Å². The fraction of sp³-hybridized carbons (Fsp3) is 0.409. The quantitative estimate of drug-likeness (QED) is 0.772. The van der Waals surface area contributed by atoms with Crippen molar-refractivity contribution < 1.29 is 23.4 Å². The van der Waals surface area contributed by atoms with Gasteiger partial charge in [0, 0.05) is 37.8 Å². The Kier molecular flexibility index (Phi) is 5.58. The standard InChI is InChI=1S/C22H25FN2O4/c1-15-11-25(16(2)10-24(15)12-17-3-5-18(23)6-4-17)22(26)13-27-19-7-8-20-21(9-19)29-14-28-20/h3-9,15-16H,10-14H2,1-2H3/t15-,16+/m0/s1. The maximum atomic E-state index is 13.1. The van der Waals surface area contributed by atoms with Gasteiger partial charge in [-0.2, -0.15) is 0 Å². The molecule has 0 saturated carbocycles. The van der Waals surface area contributed by atoms with Crippen molar-refractivity contribution in [3.63, 3.8) is 0 Å². The number of halogens is 1. The van der Waals surface area contributed by atoms with Crippen LogP contribution in [0, 0.1) is 5.82 Å². The van der Waals surface area contributed by atoms with E-state index in [2.05, 4.69) is 11.8 Å². The number of carbonyl (C=O) groups excluding carboxylic acids is 1. The summed E-state index contributed by atoms with van der Waals surface area (Å²) in [4.78, 5) is 16.9. The predicted octanol–water partition coefficient (Wildman–Crippen LogP) is 3.05. The van der Waals surface area contributed by atoms with E-state index in [1.54, 1.807) is 18.2 Å². The molecule has 1 amide bonds. The van der Waals surface area contributed by atoms with Crippen molar-refractivity contribution in [1.29, 1.82) is 0 Å². The van der Waals surface area contributed by atoms with E-state index in [1.807, 2.05) is 24.0 Å². The van der Waals surface area contributed by atoms with Crippen LogP contribution < -0.4 is 14.2 Å². The van der Waals surface area contributed by atoms with Crippen LogP contribution in [0.4, 0.5) is 4.39 Å². The molecule has 154 valence electrons. The smallest absolute Gasteiger partial charge is 0.260 e. The number of carbonyl (C=O) groups is 1. The molecule has 0 unspecified atom stereocenters. The van der Waals surface area contributed by atoms with Gasteiger partial charge in [-0.1, -0.05) is 12.1 Å². The lowest BCUT2D eigenvalue weighted by Gasteiger charge is -2.44. The highest BCUT2D eigenvalue weighted by atomic mass is 19.1. The van der Waals surface area contributed by atoms with E-state index in [1.165, 1.54) is 12.1 Å². The SMILES string of the molecule is C[C@@H]1CN(Cc2ccc(F)cc2)[C@@H](C)CN1C(=O)COc1ccc2c(c1)OCO2. The molecule has 1 saturated heterocycles. The van der Waals surface area contributed by atoms with E-state index in [0.717, 1.165) is 18.7 Å². The van der Waals surface area contributed by atoms with Crippen molar-refractivity contribution >= 4 is 5.91 Å². The Morgan fingerprint density at radius 1 is 1.07 bits per heavy atom. The van der Waals surface area contributed by atoms with Crippen LogP contribution in [0.25, 0.3) is 0 Å². The maximum absolute atomic E-state index is 13.1. The number of benzene rings is 2. The van der Waals surface area contributed by atoms with E-state index >= 15 is 0 Å². The average molecular weight is 400 g/mol. The maximum Gasteiger partial charge on any atom is 0.260 e. The predicted molar refractivity (Wildman–Crippen MR) is 106 cm³/mol. The van der Waals surface area contributed by atoms with E-state index in [9.17, 15) is 9.18 Å². The summed E-state index contributed by atoms with van der Waals surface area (Å²) in [6, 6.07) is 12.1. The number of fused-ring (bicyclic) bond motifs is 1. The minimum absolute atomic E-state index is 0.0192. The fourth-order valence-corrected chi connectivity index (χ4v) is 3.78. The molecule has 0 aliphatic carbocycles. The first-order valence-electron chi connectivity index (χ1n) is 9.80. The molecule has 0 spiro atoms. The van der Waals surface area contributed by atoms with Gasteiger partial charge in [-0.25, -0.2) is 4.39 Å². The van der Waals surface area contributed by atoms with Crippen molar-refractivity contribution in [3.8, 4) is 17.2 Å². The summed E-state index contributed by atoms with van der Waals surface area (Å²) >= 11 is 0. The van der Waals surface area contributed by atoms with Crippen LogP contribution in [-0.2, 0) is 11.3 Å². The third-order valence-corrected chi connectivity index (χ3v) is 5.44. The number of ether oxygens (including phenoxy) is 3. The molecule has 0 N–H and O–H groups in total. The van der Waals surface area contributed by atoms with Crippen LogP contribution in [0.5, 0.6) is 17.2 Å². The van der Waals surface area contributed by atoms with Gasteiger partial charge in [0.05, 0.1) is 0 Å². The second-order valence-electron chi connectivity index (χ2n) is 7.60. The number of amides is 1. The molecular weight excluding hydrogens is 375 g/mol. The molecule has 29 heavy (non-hydrogen) atoms. The van der Waals surface area contributed by atoms with Crippen molar-refractivity contribution in [2.75, 3.05) is 26.5 Å². The summed E-state index contributed by atoms with van der Waals surface area (Å²) in [6.07, 6.45) is 0. The monoisotopic (exact) mass is 400 g/mol.